The van der Waals surface area contributed by atoms with Crippen molar-refractivity contribution < 1.29 is 9.59 Å². The predicted molar refractivity (Wildman–Crippen MR) is 205 cm³/mol. The molecule has 4 heterocycles. The Morgan fingerprint density at radius 3 is 2.06 bits per heavy atom. The number of carbonyl (C=O) groups excluding carboxylic acids is 2. The standard InChI is InChI=1S/C26H23N5.C9H17NO.C8H8O/c1-18-13-25(31(2)16-18)26-28-15-24(30-26)22-11-7-20(8-12-22)4-3-19-5-9-21(10-6-19)23-14-27-17-29-23;1-8(2)7-9(11)10-5-3-4-6-10;9-7-6-8-4-2-1-3-5-8/h5-15,17,25H,16H2,1-2H3,(H,27,29)(H,28,30);8H,3-7H2,1-2H3;1-5,7H,6H2. The minimum atomic E-state index is 0.221. The molecule has 5 aromatic rings. The van der Waals surface area contributed by atoms with Crippen LogP contribution in [0.1, 0.15) is 68.6 Å². The first kappa shape index (κ1) is 36.8. The van der Waals surface area contributed by atoms with Crippen LogP contribution in [-0.2, 0) is 16.0 Å². The number of nitrogens with zero attached hydrogens (tertiary/aromatic N) is 4. The Kier molecular flexibility index (Phi) is 13.3. The zero-order valence-electron chi connectivity index (χ0n) is 30.1. The van der Waals surface area contributed by atoms with Gasteiger partial charge in [0.2, 0.25) is 5.91 Å². The van der Waals surface area contributed by atoms with E-state index in [0.717, 1.165) is 77.4 Å². The van der Waals surface area contributed by atoms with Crippen molar-refractivity contribution in [1.29, 1.82) is 0 Å². The molecule has 8 heteroatoms. The number of rotatable bonds is 7. The van der Waals surface area contributed by atoms with Crippen LogP contribution in [0.4, 0.5) is 0 Å². The molecule has 0 spiro atoms. The van der Waals surface area contributed by atoms with E-state index in [1.165, 1.54) is 18.4 Å². The summed E-state index contributed by atoms with van der Waals surface area (Å²) in [5.74, 6) is 8.31. The van der Waals surface area contributed by atoms with Gasteiger partial charge in [0.1, 0.15) is 12.1 Å². The van der Waals surface area contributed by atoms with E-state index in [4.69, 9.17) is 0 Å². The molecule has 2 aliphatic rings. The highest BCUT2D eigenvalue weighted by molar-refractivity contribution is 5.76. The molecule has 0 bridgehead atoms. The summed E-state index contributed by atoms with van der Waals surface area (Å²) in [6.45, 7) is 9.31. The van der Waals surface area contributed by atoms with Gasteiger partial charge in [-0.2, -0.15) is 0 Å². The molecule has 51 heavy (non-hydrogen) atoms. The van der Waals surface area contributed by atoms with Crippen LogP contribution in [0.2, 0.25) is 0 Å². The van der Waals surface area contributed by atoms with Gasteiger partial charge >= 0.3 is 0 Å². The Morgan fingerprint density at radius 1 is 0.902 bits per heavy atom. The minimum Gasteiger partial charge on any atom is -0.345 e. The fraction of sp³-hybridized carbons (Fsp3) is 0.302. The molecule has 2 aromatic heterocycles. The van der Waals surface area contributed by atoms with E-state index in [-0.39, 0.29) is 6.04 Å². The fourth-order valence-corrected chi connectivity index (χ4v) is 6.04. The van der Waals surface area contributed by atoms with Gasteiger partial charge in [-0.15, -0.1) is 0 Å². The second-order valence-corrected chi connectivity index (χ2v) is 13.5. The first-order chi connectivity index (χ1) is 24.8. The number of H-pyrrole nitrogens is 2. The maximum absolute atomic E-state index is 11.4. The second-order valence-electron chi connectivity index (χ2n) is 13.5. The molecule has 8 nitrogen and oxygen atoms in total. The van der Waals surface area contributed by atoms with Crippen LogP contribution in [0.5, 0.6) is 0 Å². The summed E-state index contributed by atoms with van der Waals surface area (Å²) in [5, 5.41) is 0. The summed E-state index contributed by atoms with van der Waals surface area (Å²) in [6.07, 6.45) is 12.2. The lowest BCUT2D eigenvalue weighted by atomic mass is 10.1. The van der Waals surface area contributed by atoms with Gasteiger partial charge < -0.3 is 19.7 Å². The molecule has 262 valence electrons. The molecule has 1 unspecified atom stereocenters. The zero-order valence-corrected chi connectivity index (χ0v) is 30.1. The van der Waals surface area contributed by atoms with Gasteiger partial charge in [-0.05, 0) is 73.7 Å². The number of likely N-dealkylation sites (N-methyl/N-ethyl adjacent to an activating group) is 1. The summed E-state index contributed by atoms with van der Waals surface area (Å²) in [7, 11) is 2.12. The average Bonchev–Trinajstić information content (AvgIpc) is 3.98. The molecule has 1 fully saturated rings. The Balaban J connectivity index is 0.000000205. The predicted octanol–water partition coefficient (Wildman–Crippen LogP) is 7.88. The van der Waals surface area contributed by atoms with Gasteiger partial charge in [-0.25, -0.2) is 9.97 Å². The van der Waals surface area contributed by atoms with Gasteiger partial charge in [0.15, 0.2) is 0 Å². The van der Waals surface area contributed by atoms with E-state index in [9.17, 15) is 9.59 Å². The Morgan fingerprint density at radius 2 is 1.53 bits per heavy atom. The number of benzene rings is 3. The second kappa shape index (κ2) is 18.5. The number of likely N-dealkylation sites (tertiary alicyclic amines) is 1. The third-order valence-electron chi connectivity index (χ3n) is 8.74. The first-order valence-electron chi connectivity index (χ1n) is 17.7. The normalized spacial score (nSPS) is 15.2. The maximum atomic E-state index is 11.4. The molecule has 2 N–H and O–H groups in total. The van der Waals surface area contributed by atoms with Crippen molar-refractivity contribution in [3.8, 4) is 34.4 Å². The number of nitrogens with one attached hydrogen (secondary N) is 2. The molecule has 1 amide bonds. The highest BCUT2D eigenvalue weighted by Crippen LogP contribution is 2.28. The number of aromatic amines is 2. The quantitative estimate of drug-likeness (QED) is 0.104. The van der Waals surface area contributed by atoms with Gasteiger partial charge in [0.05, 0.1) is 36.2 Å². The summed E-state index contributed by atoms with van der Waals surface area (Å²) in [6, 6.07) is 26.3. The van der Waals surface area contributed by atoms with E-state index in [1.807, 2.05) is 71.9 Å². The number of aldehydes is 1. The molecule has 0 aliphatic carbocycles. The monoisotopic (exact) mass is 680 g/mol. The minimum absolute atomic E-state index is 0.221. The molecule has 3 aromatic carbocycles. The van der Waals surface area contributed by atoms with E-state index in [1.54, 1.807) is 6.33 Å². The lowest BCUT2D eigenvalue weighted by Crippen LogP contribution is -2.28. The molecular weight excluding hydrogens is 633 g/mol. The van der Waals surface area contributed by atoms with Crippen molar-refractivity contribution in [2.24, 2.45) is 5.92 Å². The number of carbonyl (C=O) groups is 2. The van der Waals surface area contributed by atoms with Crippen LogP contribution < -0.4 is 0 Å². The zero-order chi connectivity index (χ0) is 36.0. The molecule has 2 aliphatic heterocycles. The summed E-state index contributed by atoms with van der Waals surface area (Å²) < 4.78 is 0. The van der Waals surface area contributed by atoms with Crippen molar-refractivity contribution in [3.63, 3.8) is 0 Å². The number of amides is 1. The van der Waals surface area contributed by atoms with Crippen molar-refractivity contribution in [1.82, 2.24) is 29.7 Å². The summed E-state index contributed by atoms with van der Waals surface area (Å²) in [5.41, 5.74) is 8.65. The van der Waals surface area contributed by atoms with Crippen molar-refractivity contribution in [2.75, 3.05) is 26.7 Å². The molecule has 0 saturated carbocycles. The molecular formula is C43H48N6O2. The topological polar surface area (TPSA) is 98.0 Å². The highest BCUT2D eigenvalue weighted by Gasteiger charge is 2.23. The van der Waals surface area contributed by atoms with Crippen molar-refractivity contribution >= 4 is 12.2 Å². The van der Waals surface area contributed by atoms with E-state index < -0.39 is 0 Å². The van der Waals surface area contributed by atoms with Gasteiger partial charge in [-0.1, -0.05) is 91.9 Å². The van der Waals surface area contributed by atoms with Gasteiger partial charge in [0.25, 0.3) is 0 Å². The fourth-order valence-electron chi connectivity index (χ4n) is 6.04. The summed E-state index contributed by atoms with van der Waals surface area (Å²) >= 11 is 0. The number of hydrogen-bond acceptors (Lipinski definition) is 5. The van der Waals surface area contributed by atoms with Crippen molar-refractivity contribution in [2.45, 2.75) is 52.5 Å². The average molecular weight is 681 g/mol. The number of aromatic nitrogens is 4. The number of hydrogen-bond donors (Lipinski definition) is 2. The van der Waals surface area contributed by atoms with E-state index in [2.05, 4.69) is 94.8 Å². The molecule has 7 rings (SSSR count). The van der Waals surface area contributed by atoms with Crippen LogP contribution in [0.15, 0.2) is 109 Å². The van der Waals surface area contributed by atoms with Crippen molar-refractivity contribution in [3.05, 3.63) is 132 Å². The maximum Gasteiger partial charge on any atom is 0.222 e. The van der Waals surface area contributed by atoms with Gasteiger partial charge in [0, 0.05) is 43.6 Å². The highest BCUT2D eigenvalue weighted by atomic mass is 16.2. The third-order valence-corrected chi connectivity index (χ3v) is 8.74. The van der Waals surface area contributed by atoms with Gasteiger partial charge in [-0.3, -0.25) is 9.69 Å². The van der Waals surface area contributed by atoms with E-state index in [0.29, 0.717) is 18.2 Å². The molecule has 0 radical (unpaired) electrons. The third kappa shape index (κ3) is 11.0. The van der Waals surface area contributed by atoms with Crippen LogP contribution in [0.25, 0.3) is 22.5 Å². The number of imidazole rings is 2. The Bertz CT molecular complexity index is 1910. The lowest BCUT2D eigenvalue weighted by Gasteiger charge is -2.16. The van der Waals surface area contributed by atoms with Crippen LogP contribution >= 0.6 is 0 Å². The van der Waals surface area contributed by atoms with Crippen LogP contribution in [-0.4, -0.2) is 68.6 Å². The smallest absolute Gasteiger partial charge is 0.222 e. The van der Waals surface area contributed by atoms with Crippen LogP contribution in [0.3, 0.4) is 0 Å². The van der Waals surface area contributed by atoms with E-state index >= 15 is 0 Å². The lowest BCUT2D eigenvalue weighted by molar-refractivity contribution is -0.130. The SMILES string of the molecule is CC(C)CC(=O)N1CCCC1.CC1=CC(c2ncc(-c3ccc(C#Cc4ccc(-c5cnc[nH]5)cc4)cc3)[nH]2)N(C)C1.O=CCc1ccccc1. The summed E-state index contributed by atoms with van der Waals surface area (Å²) in [4.78, 5) is 40.9. The molecule has 1 atom stereocenters. The first-order valence-corrected chi connectivity index (χ1v) is 17.7. The Hall–Kier alpha value is -5.52. The molecule has 1 saturated heterocycles. The van der Waals surface area contributed by atoms with Crippen LogP contribution in [0, 0.1) is 17.8 Å². The largest absolute Gasteiger partial charge is 0.345 e. The Labute approximate surface area is 302 Å².